The minimum Gasteiger partial charge on any atom is -0.291 e. The number of aromatic nitrogens is 2. The first-order chi connectivity index (χ1) is 8.61. The van der Waals surface area contributed by atoms with Gasteiger partial charge >= 0.3 is 0 Å². The van der Waals surface area contributed by atoms with Gasteiger partial charge in [-0.05, 0) is 40.5 Å². The predicted octanol–water partition coefficient (Wildman–Crippen LogP) is 2.23. The van der Waals surface area contributed by atoms with E-state index in [2.05, 4.69) is 27.0 Å². The Bertz CT molecular complexity index is 668. The average Bonchev–Trinajstić information content (AvgIpc) is 2.40. The first kappa shape index (κ1) is 12.5. The first-order valence-electron chi connectivity index (χ1n) is 5.33. The zero-order valence-electron chi connectivity index (χ0n) is 9.72. The molecule has 0 atom stereocenters. The van der Waals surface area contributed by atoms with Crippen molar-refractivity contribution < 1.29 is 0 Å². The van der Waals surface area contributed by atoms with Gasteiger partial charge in [0.15, 0.2) is 0 Å². The largest absolute Gasteiger partial charge is 0.291 e. The monoisotopic (exact) mass is 303 g/mol. The summed E-state index contributed by atoms with van der Waals surface area (Å²) in [7, 11) is 0. The Labute approximate surface area is 113 Å². The molecule has 0 unspecified atom stereocenters. The topological polar surface area (TPSA) is 58.7 Å². The summed E-state index contributed by atoms with van der Waals surface area (Å²) in [5, 5.41) is 8.72. The lowest BCUT2D eigenvalue weighted by Crippen LogP contribution is -2.24. The molecule has 0 radical (unpaired) electrons. The third-order valence-electron chi connectivity index (χ3n) is 2.63. The van der Waals surface area contributed by atoms with Crippen LogP contribution in [-0.4, -0.2) is 9.55 Å². The van der Waals surface area contributed by atoms with Crippen LogP contribution in [0.4, 0.5) is 0 Å². The summed E-state index contributed by atoms with van der Waals surface area (Å²) in [6.45, 7) is 2.24. The summed E-state index contributed by atoms with van der Waals surface area (Å²) in [6.07, 6.45) is 1.51. The van der Waals surface area contributed by atoms with E-state index < -0.39 is 0 Å². The van der Waals surface area contributed by atoms with Gasteiger partial charge in [0.25, 0.3) is 5.56 Å². The second kappa shape index (κ2) is 5.15. The van der Waals surface area contributed by atoms with Crippen molar-refractivity contribution in [3.63, 3.8) is 0 Å². The van der Waals surface area contributed by atoms with Crippen LogP contribution < -0.4 is 5.56 Å². The quantitative estimate of drug-likeness (QED) is 0.855. The van der Waals surface area contributed by atoms with E-state index in [1.807, 2.05) is 12.1 Å². The van der Waals surface area contributed by atoms with E-state index in [1.54, 1.807) is 23.6 Å². The number of nitriles is 1. The molecule has 0 saturated carbocycles. The fraction of sp³-hybridized carbons (Fsp3) is 0.154. The Morgan fingerprint density at radius 3 is 2.67 bits per heavy atom. The van der Waals surface area contributed by atoms with Crippen molar-refractivity contribution in [2.24, 2.45) is 0 Å². The van der Waals surface area contributed by atoms with Crippen LogP contribution in [0, 0.1) is 18.3 Å². The first-order valence-corrected chi connectivity index (χ1v) is 6.12. The maximum absolute atomic E-state index is 11.9. The molecule has 0 aliphatic rings. The lowest BCUT2D eigenvalue weighted by Gasteiger charge is -2.09. The fourth-order valence-electron chi connectivity index (χ4n) is 1.60. The number of hydrogen-bond acceptors (Lipinski definition) is 3. The molecule has 0 aliphatic carbocycles. The molecule has 4 nitrogen and oxygen atoms in total. The molecule has 1 aromatic heterocycles. The van der Waals surface area contributed by atoms with Gasteiger partial charge in [-0.25, -0.2) is 4.98 Å². The fourth-order valence-corrected chi connectivity index (χ4v) is 1.92. The minimum atomic E-state index is -0.105. The summed E-state index contributed by atoms with van der Waals surface area (Å²) in [4.78, 5) is 16.1. The smallest absolute Gasteiger partial charge is 0.268 e. The van der Waals surface area contributed by atoms with Crippen LogP contribution in [0.2, 0.25) is 0 Å². The highest BCUT2D eigenvalue weighted by atomic mass is 79.9. The van der Waals surface area contributed by atoms with Crippen molar-refractivity contribution in [2.75, 3.05) is 0 Å². The summed E-state index contributed by atoms with van der Waals surface area (Å²) in [5.41, 5.74) is 1.46. The molecule has 0 spiro atoms. The molecular weight excluding hydrogens is 294 g/mol. The van der Waals surface area contributed by atoms with Gasteiger partial charge in [0.05, 0.1) is 18.2 Å². The Morgan fingerprint density at radius 2 is 2.06 bits per heavy atom. The molecule has 5 heteroatoms. The van der Waals surface area contributed by atoms with Crippen LogP contribution in [0.15, 0.2) is 39.7 Å². The van der Waals surface area contributed by atoms with Crippen LogP contribution in [0.3, 0.4) is 0 Å². The molecule has 0 amide bonds. The van der Waals surface area contributed by atoms with Gasteiger partial charge in [-0.2, -0.15) is 5.26 Å². The molecule has 0 bridgehead atoms. The molecule has 0 aliphatic heterocycles. The van der Waals surface area contributed by atoms with E-state index in [9.17, 15) is 4.79 Å². The van der Waals surface area contributed by atoms with E-state index >= 15 is 0 Å². The predicted molar refractivity (Wildman–Crippen MR) is 71.2 cm³/mol. The van der Waals surface area contributed by atoms with Gasteiger partial charge in [0.2, 0.25) is 0 Å². The van der Waals surface area contributed by atoms with E-state index in [0.717, 1.165) is 5.56 Å². The van der Waals surface area contributed by atoms with Crippen LogP contribution >= 0.6 is 15.9 Å². The number of nitrogens with zero attached hydrogens (tertiary/aromatic N) is 3. The molecular formula is C13H10BrN3O. The van der Waals surface area contributed by atoms with Gasteiger partial charge in [0.1, 0.15) is 10.3 Å². The molecule has 2 rings (SSSR count). The maximum Gasteiger partial charge on any atom is 0.268 e. The summed E-state index contributed by atoms with van der Waals surface area (Å²) in [5.74, 6) is 0.660. The molecule has 2 aromatic rings. The summed E-state index contributed by atoms with van der Waals surface area (Å²) >= 11 is 3.18. The molecule has 1 heterocycles. The van der Waals surface area contributed by atoms with E-state index in [0.29, 0.717) is 22.4 Å². The highest BCUT2D eigenvalue weighted by molar-refractivity contribution is 9.10. The Kier molecular flexibility index (Phi) is 3.58. The lowest BCUT2D eigenvalue weighted by molar-refractivity contribution is 0.695. The molecule has 18 heavy (non-hydrogen) atoms. The Balaban J connectivity index is 2.37. The number of aryl methyl sites for hydroxylation is 1. The zero-order valence-corrected chi connectivity index (χ0v) is 11.3. The highest BCUT2D eigenvalue weighted by Gasteiger charge is 2.06. The van der Waals surface area contributed by atoms with Crippen LogP contribution in [0.1, 0.15) is 17.0 Å². The number of hydrogen-bond donors (Lipinski definition) is 0. The van der Waals surface area contributed by atoms with Gasteiger partial charge in [0, 0.05) is 6.20 Å². The number of rotatable bonds is 2. The molecule has 0 saturated heterocycles. The van der Waals surface area contributed by atoms with Crippen LogP contribution in [0.25, 0.3) is 0 Å². The van der Waals surface area contributed by atoms with Crippen molar-refractivity contribution in [2.45, 2.75) is 13.5 Å². The van der Waals surface area contributed by atoms with Crippen molar-refractivity contribution >= 4 is 15.9 Å². The van der Waals surface area contributed by atoms with Crippen LogP contribution in [-0.2, 0) is 6.54 Å². The average molecular weight is 304 g/mol. The third-order valence-corrected chi connectivity index (χ3v) is 3.17. The summed E-state index contributed by atoms with van der Waals surface area (Å²) < 4.78 is 2.03. The molecule has 0 N–H and O–H groups in total. The van der Waals surface area contributed by atoms with Crippen molar-refractivity contribution in [1.29, 1.82) is 5.26 Å². The van der Waals surface area contributed by atoms with Crippen LogP contribution in [0.5, 0.6) is 0 Å². The maximum atomic E-state index is 11.9. The second-order valence-corrected chi connectivity index (χ2v) is 4.71. The molecule has 90 valence electrons. The number of benzene rings is 1. The second-order valence-electron chi connectivity index (χ2n) is 3.85. The molecule has 0 fully saturated rings. The van der Waals surface area contributed by atoms with E-state index in [-0.39, 0.29) is 5.56 Å². The standard InChI is InChI=1S/C13H10BrN3O/c1-9-16-7-12(14)13(18)17(9)8-11-4-2-10(6-15)3-5-11/h2-5,7H,8H2,1H3. The van der Waals surface area contributed by atoms with Gasteiger partial charge in [-0.3, -0.25) is 9.36 Å². The van der Waals surface area contributed by atoms with E-state index in [4.69, 9.17) is 5.26 Å². The van der Waals surface area contributed by atoms with Gasteiger partial charge in [-0.15, -0.1) is 0 Å². The minimum absolute atomic E-state index is 0.105. The Morgan fingerprint density at radius 1 is 1.39 bits per heavy atom. The Hall–Kier alpha value is -1.93. The number of halogens is 1. The summed E-state index contributed by atoms with van der Waals surface area (Å²) in [6, 6.07) is 9.21. The van der Waals surface area contributed by atoms with Gasteiger partial charge in [-0.1, -0.05) is 12.1 Å². The van der Waals surface area contributed by atoms with Gasteiger partial charge < -0.3 is 0 Å². The zero-order chi connectivity index (χ0) is 13.1. The van der Waals surface area contributed by atoms with E-state index in [1.165, 1.54) is 6.20 Å². The highest BCUT2D eigenvalue weighted by Crippen LogP contribution is 2.07. The SMILES string of the molecule is Cc1ncc(Br)c(=O)n1Cc1ccc(C#N)cc1. The third kappa shape index (κ3) is 2.49. The van der Waals surface area contributed by atoms with Crippen molar-refractivity contribution in [3.05, 3.63) is 62.2 Å². The van der Waals surface area contributed by atoms with Crippen molar-refractivity contribution in [1.82, 2.24) is 9.55 Å². The normalized spacial score (nSPS) is 10.1. The van der Waals surface area contributed by atoms with Crippen molar-refractivity contribution in [3.8, 4) is 6.07 Å². The lowest BCUT2D eigenvalue weighted by atomic mass is 10.1. The molecule has 1 aromatic carbocycles.